The van der Waals surface area contributed by atoms with E-state index >= 15 is 0 Å². The number of hydrogen-bond acceptors (Lipinski definition) is 6. The molecule has 1 amide bonds. The van der Waals surface area contributed by atoms with E-state index in [1.54, 1.807) is 12.4 Å². The summed E-state index contributed by atoms with van der Waals surface area (Å²) in [7, 11) is 0. The Bertz CT molecular complexity index is 979. The first kappa shape index (κ1) is 22.8. The molecule has 3 rings (SSSR count). The molecule has 0 aliphatic carbocycles. The summed E-state index contributed by atoms with van der Waals surface area (Å²) in [4.78, 5) is 19.0. The van der Waals surface area contributed by atoms with E-state index in [2.05, 4.69) is 15.2 Å². The van der Waals surface area contributed by atoms with Gasteiger partial charge in [-0.3, -0.25) is 14.3 Å². The standard InChI is InChI=1S/C23H29N5O2S/c1-6-30-20-11-9-19(10-12-20)28-22(18-8-7-13-24-14-18)25-26-23(28)31-15-21(29)27(16(2)3)17(4)5/h7-14,16-17H,6,15H2,1-5H3. The molecule has 2 aromatic heterocycles. The highest BCUT2D eigenvalue weighted by molar-refractivity contribution is 7.99. The summed E-state index contributed by atoms with van der Waals surface area (Å²) >= 11 is 1.39. The third-order valence-corrected chi connectivity index (χ3v) is 5.60. The van der Waals surface area contributed by atoms with Gasteiger partial charge in [-0.15, -0.1) is 10.2 Å². The van der Waals surface area contributed by atoms with E-state index in [4.69, 9.17) is 4.74 Å². The van der Waals surface area contributed by atoms with Crippen LogP contribution < -0.4 is 4.74 Å². The van der Waals surface area contributed by atoms with E-state index in [-0.39, 0.29) is 18.0 Å². The van der Waals surface area contributed by atoms with Crippen LogP contribution in [0, 0.1) is 0 Å². The lowest BCUT2D eigenvalue weighted by molar-refractivity contribution is -0.131. The van der Waals surface area contributed by atoms with Gasteiger partial charge in [0.1, 0.15) is 5.75 Å². The molecule has 7 nitrogen and oxygen atoms in total. The minimum atomic E-state index is 0.0826. The molecule has 0 saturated heterocycles. The van der Waals surface area contributed by atoms with Gasteiger partial charge in [-0.2, -0.15) is 0 Å². The molecule has 0 atom stereocenters. The molecule has 3 aromatic rings. The second kappa shape index (κ2) is 10.4. The van der Waals surface area contributed by atoms with Crippen molar-refractivity contribution in [3.8, 4) is 22.8 Å². The number of amides is 1. The molecule has 0 unspecified atom stereocenters. The summed E-state index contributed by atoms with van der Waals surface area (Å²) in [6, 6.07) is 11.9. The number of nitrogens with zero attached hydrogens (tertiary/aromatic N) is 5. The van der Waals surface area contributed by atoms with Crippen LogP contribution in [0.25, 0.3) is 17.1 Å². The van der Waals surface area contributed by atoms with Crippen LogP contribution in [0.2, 0.25) is 0 Å². The predicted molar refractivity (Wildman–Crippen MR) is 124 cm³/mol. The Morgan fingerprint density at radius 3 is 2.39 bits per heavy atom. The van der Waals surface area contributed by atoms with Crippen molar-refractivity contribution in [1.29, 1.82) is 0 Å². The van der Waals surface area contributed by atoms with Crippen LogP contribution in [-0.4, -0.2) is 55.0 Å². The van der Waals surface area contributed by atoms with Crippen molar-refractivity contribution >= 4 is 17.7 Å². The SMILES string of the molecule is CCOc1ccc(-n2c(SCC(=O)N(C(C)C)C(C)C)nnc2-c2cccnc2)cc1. The van der Waals surface area contributed by atoms with Crippen molar-refractivity contribution in [3.05, 3.63) is 48.8 Å². The number of ether oxygens (including phenoxy) is 1. The summed E-state index contributed by atoms with van der Waals surface area (Å²) in [5, 5.41) is 9.46. The fourth-order valence-electron chi connectivity index (χ4n) is 3.51. The van der Waals surface area contributed by atoms with Crippen LogP contribution in [-0.2, 0) is 4.79 Å². The minimum absolute atomic E-state index is 0.0826. The summed E-state index contributed by atoms with van der Waals surface area (Å²) in [6.45, 7) is 10.7. The topological polar surface area (TPSA) is 73.1 Å². The lowest BCUT2D eigenvalue weighted by atomic mass is 10.2. The Morgan fingerprint density at radius 1 is 1.10 bits per heavy atom. The van der Waals surface area contributed by atoms with Crippen LogP contribution in [0.4, 0.5) is 0 Å². The average Bonchev–Trinajstić information content (AvgIpc) is 3.17. The summed E-state index contributed by atoms with van der Waals surface area (Å²) in [5.41, 5.74) is 1.75. The first-order valence-electron chi connectivity index (χ1n) is 10.4. The molecule has 1 aromatic carbocycles. The highest BCUT2D eigenvalue weighted by Crippen LogP contribution is 2.29. The number of carbonyl (C=O) groups is 1. The van der Waals surface area contributed by atoms with E-state index in [0.29, 0.717) is 23.3 Å². The quantitative estimate of drug-likeness (QED) is 0.458. The molecule has 0 N–H and O–H groups in total. The van der Waals surface area contributed by atoms with Gasteiger partial charge in [0.05, 0.1) is 12.4 Å². The molecule has 0 bridgehead atoms. The third kappa shape index (κ3) is 5.44. The van der Waals surface area contributed by atoms with Gasteiger partial charge in [0.15, 0.2) is 11.0 Å². The first-order chi connectivity index (χ1) is 14.9. The maximum absolute atomic E-state index is 12.9. The Kier molecular flexibility index (Phi) is 7.68. The molecule has 0 aliphatic rings. The van der Waals surface area contributed by atoms with Crippen molar-refractivity contribution in [2.24, 2.45) is 0 Å². The van der Waals surface area contributed by atoms with Crippen LogP contribution >= 0.6 is 11.8 Å². The van der Waals surface area contributed by atoms with E-state index in [1.807, 2.05) is 80.5 Å². The molecule has 164 valence electrons. The lowest BCUT2D eigenvalue weighted by Crippen LogP contribution is -2.43. The molecular formula is C23H29N5O2S. The van der Waals surface area contributed by atoms with Crippen molar-refractivity contribution in [2.75, 3.05) is 12.4 Å². The van der Waals surface area contributed by atoms with Gasteiger partial charge < -0.3 is 9.64 Å². The van der Waals surface area contributed by atoms with Gasteiger partial charge >= 0.3 is 0 Å². The molecule has 8 heteroatoms. The second-order valence-corrected chi connectivity index (χ2v) is 8.53. The Balaban J connectivity index is 1.93. The smallest absolute Gasteiger partial charge is 0.233 e. The molecule has 0 radical (unpaired) electrons. The second-order valence-electron chi connectivity index (χ2n) is 7.59. The van der Waals surface area contributed by atoms with Crippen LogP contribution in [0.5, 0.6) is 5.75 Å². The van der Waals surface area contributed by atoms with E-state index < -0.39 is 0 Å². The molecular weight excluding hydrogens is 410 g/mol. The van der Waals surface area contributed by atoms with Crippen molar-refractivity contribution in [3.63, 3.8) is 0 Å². The molecule has 0 saturated carbocycles. The first-order valence-corrected chi connectivity index (χ1v) is 11.4. The summed E-state index contributed by atoms with van der Waals surface area (Å²) in [5.74, 6) is 1.85. The lowest BCUT2D eigenvalue weighted by Gasteiger charge is -2.30. The highest BCUT2D eigenvalue weighted by Gasteiger charge is 2.22. The van der Waals surface area contributed by atoms with E-state index in [1.165, 1.54) is 11.8 Å². The number of aromatic nitrogens is 4. The Morgan fingerprint density at radius 2 is 1.81 bits per heavy atom. The van der Waals surface area contributed by atoms with Gasteiger partial charge in [-0.25, -0.2) is 0 Å². The van der Waals surface area contributed by atoms with Crippen LogP contribution in [0.1, 0.15) is 34.6 Å². The van der Waals surface area contributed by atoms with Crippen molar-refractivity contribution in [2.45, 2.75) is 51.9 Å². The maximum Gasteiger partial charge on any atom is 0.233 e. The number of hydrogen-bond donors (Lipinski definition) is 0. The largest absolute Gasteiger partial charge is 0.494 e. The molecule has 2 heterocycles. The molecule has 0 aliphatic heterocycles. The van der Waals surface area contributed by atoms with Gasteiger partial charge in [0.25, 0.3) is 0 Å². The predicted octanol–water partition coefficient (Wildman–Crippen LogP) is 4.47. The van der Waals surface area contributed by atoms with Crippen LogP contribution in [0.3, 0.4) is 0 Å². The van der Waals surface area contributed by atoms with Crippen LogP contribution in [0.15, 0.2) is 53.9 Å². The number of pyridine rings is 1. The van der Waals surface area contributed by atoms with Gasteiger partial charge in [-0.1, -0.05) is 11.8 Å². The van der Waals surface area contributed by atoms with E-state index in [0.717, 1.165) is 17.0 Å². The fourth-order valence-corrected chi connectivity index (χ4v) is 4.33. The third-order valence-electron chi connectivity index (χ3n) is 4.68. The van der Waals surface area contributed by atoms with Crippen molar-refractivity contribution < 1.29 is 9.53 Å². The summed E-state index contributed by atoms with van der Waals surface area (Å²) < 4.78 is 7.53. The van der Waals surface area contributed by atoms with Gasteiger partial charge in [-0.05, 0) is 71.0 Å². The zero-order valence-electron chi connectivity index (χ0n) is 18.6. The molecule has 31 heavy (non-hydrogen) atoms. The van der Waals surface area contributed by atoms with Crippen molar-refractivity contribution in [1.82, 2.24) is 24.6 Å². The average molecular weight is 440 g/mol. The fraction of sp³-hybridized carbons (Fsp3) is 0.391. The molecule has 0 spiro atoms. The number of carbonyl (C=O) groups excluding carboxylic acids is 1. The zero-order valence-corrected chi connectivity index (χ0v) is 19.5. The molecule has 0 fully saturated rings. The highest BCUT2D eigenvalue weighted by atomic mass is 32.2. The normalized spacial score (nSPS) is 11.2. The number of rotatable bonds is 9. The van der Waals surface area contributed by atoms with Gasteiger partial charge in [0.2, 0.25) is 5.91 Å². The monoisotopic (exact) mass is 439 g/mol. The number of thioether (sulfide) groups is 1. The minimum Gasteiger partial charge on any atom is -0.494 e. The Labute approximate surface area is 187 Å². The zero-order chi connectivity index (χ0) is 22.4. The number of benzene rings is 1. The maximum atomic E-state index is 12.9. The Hall–Kier alpha value is -2.87. The summed E-state index contributed by atoms with van der Waals surface area (Å²) in [6.07, 6.45) is 3.48. The van der Waals surface area contributed by atoms with E-state index in [9.17, 15) is 4.79 Å². The van der Waals surface area contributed by atoms with Gasteiger partial charge in [0, 0.05) is 35.7 Å².